The molecule has 0 amide bonds. The predicted octanol–water partition coefficient (Wildman–Crippen LogP) is 8.45. The number of nitrogens with zero attached hydrogens (tertiary/aromatic N) is 3. The van der Waals surface area contributed by atoms with Crippen LogP contribution in [0.3, 0.4) is 0 Å². The monoisotopic (exact) mass is 679 g/mol. The molecule has 3 aromatic rings. The Bertz CT molecular complexity index is 1480. The highest BCUT2D eigenvalue weighted by molar-refractivity contribution is 5.64. The van der Waals surface area contributed by atoms with Gasteiger partial charge in [-0.1, -0.05) is 29.5 Å². The van der Waals surface area contributed by atoms with Crippen LogP contribution in [-0.2, 0) is 13.2 Å². The number of benzene rings is 2. The lowest BCUT2D eigenvalue weighted by molar-refractivity contribution is -0.440. The van der Waals surface area contributed by atoms with Crippen LogP contribution in [0, 0.1) is 12.3 Å². The van der Waals surface area contributed by atoms with Crippen molar-refractivity contribution >= 4 is 0 Å². The Balaban J connectivity index is 1.58. The molecule has 0 fully saturated rings. The summed E-state index contributed by atoms with van der Waals surface area (Å²) < 4.78 is 184. The molecule has 0 radical (unpaired) electrons. The predicted molar refractivity (Wildman–Crippen MR) is 135 cm³/mol. The largest absolute Gasteiger partial charge is 0.494 e. The molecule has 2 aromatic carbocycles. The summed E-state index contributed by atoms with van der Waals surface area (Å²) in [5.74, 6) is -33.7. The third-order valence-electron chi connectivity index (χ3n) is 6.40. The fraction of sp³-hybridized carbons (Fsp3) is 0.429. The summed E-state index contributed by atoms with van der Waals surface area (Å²) in [5.41, 5.74) is 1.53. The first-order valence-corrected chi connectivity index (χ1v) is 12.9. The van der Waals surface area contributed by atoms with Gasteiger partial charge in [-0.05, 0) is 41.8 Å². The van der Waals surface area contributed by atoms with E-state index in [9.17, 15) is 57.1 Å². The molecule has 18 heteroatoms. The van der Waals surface area contributed by atoms with E-state index in [4.69, 9.17) is 15.9 Å². The first-order chi connectivity index (χ1) is 21.2. The molecule has 1 aromatic heterocycles. The Morgan fingerprint density at radius 3 is 1.67 bits per heavy atom. The first kappa shape index (κ1) is 36.3. The summed E-state index contributed by atoms with van der Waals surface area (Å²) >= 11 is 0. The quantitative estimate of drug-likeness (QED) is 0.0920. The molecule has 0 unspecified atom stereocenters. The van der Waals surface area contributed by atoms with Gasteiger partial charge in [0.05, 0.1) is 12.8 Å². The normalized spacial score (nSPS) is 13.4. The zero-order chi connectivity index (χ0) is 34.6. The van der Waals surface area contributed by atoms with Crippen molar-refractivity contribution in [2.24, 2.45) is 0 Å². The highest BCUT2D eigenvalue weighted by Gasteiger charge is 2.90. The molecule has 252 valence electrons. The van der Waals surface area contributed by atoms with E-state index in [2.05, 4.69) is 16.2 Å². The Hall–Kier alpha value is -4.17. The van der Waals surface area contributed by atoms with Gasteiger partial charge in [-0.3, -0.25) is 4.68 Å². The average Bonchev–Trinajstić information content (AvgIpc) is 3.45. The molecule has 0 atom stereocenters. The van der Waals surface area contributed by atoms with Crippen molar-refractivity contribution in [3.63, 3.8) is 0 Å². The van der Waals surface area contributed by atoms with E-state index >= 15 is 0 Å². The molecule has 46 heavy (non-hydrogen) atoms. The molecule has 3 rings (SSSR count). The fourth-order valence-corrected chi connectivity index (χ4v) is 3.74. The van der Waals surface area contributed by atoms with E-state index in [1.54, 1.807) is 36.4 Å². The molecule has 0 N–H and O–H groups in total. The van der Waals surface area contributed by atoms with E-state index < -0.39 is 48.8 Å². The molecule has 5 nitrogen and oxygen atoms in total. The molecule has 0 aliphatic heterocycles. The minimum atomic E-state index is -7.94. The number of aromatic nitrogens is 3. The van der Waals surface area contributed by atoms with Gasteiger partial charge in [-0.15, -0.1) is 17.4 Å². The van der Waals surface area contributed by atoms with Crippen LogP contribution in [0.1, 0.15) is 25.0 Å². The highest BCUT2D eigenvalue weighted by Crippen LogP contribution is 2.60. The maximum absolute atomic E-state index is 14.0. The summed E-state index contributed by atoms with van der Waals surface area (Å²) in [5, 5.41) is 6.76. The number of rotatable bonds is 15. The highest BCUT2D eigenvalue weighted by atomic mass is 19.4. The molecule has 0 aliphatic carbocycles. The van der Waals surface area contributed by atoms with Gasteiger partial charge in [0.15, 0.2) is 0 Å². The van der Waals surface area contributed by atoms with Gasteiger partial charge in [0, 0.05) is 19.4 Å². The number of hydrogen-bond acceptors (Lipinski definition) is 4. The minimum Gasteiger partial charge on any atom is -0.494 e. The Kier molecular flexibility index (Phi) is 10.5. The van der Waals surface area contributed by atoms with Crippen molar-refractivity contribution in [3.05, 3.63) is 60.4 Å². The Morgan fingerprint density at radius 2 is 1.17 bits per heavy atom. The van der Waals surface area contributed by atoms with Crippen LogP contribution in [-0.4, -0.2) is 57.4 Å². The number of aryl methyl sites for hydroxylation is 1. The number of unbranched alkanes of at least 4 members (excludes halogenated alkanes) is 1. The number of halogens is 13. The van der Waals surface area contributed by atoms with Crippen LogP contribution in [0.5, 0.6) is 11.5 Å². The number of terminal acetylenes is 1. The first-order valence-electron chi connectivity index (χ1n) is 12.9. The zero-order valence-corrected chi connectivity index (χ0v) is 23.1. The molecular formula is C28H22F13N3O2. The van der Waals surface area contributed by atoms with E-state index in [0.29, 0.717) is 29.9 Å². The van der Waals surface area contributed by atoms with Gasteiger partial charge in [-0.2, -0.15) is 57.1 Å². The van der Waals surface area contributed by atoms with Crippen LogP contribution in [0.2, 0.25) is 0 Å². The van der Waals surface area contributed by atoms with Crippen molar-refractivity contribution < 1.29 is 66.5 Å². The lowest BCUT2D eigenvalue weighted by Gasteiger charge is -2.39. The topological polar surface area (TPSA) is 49.2 Å². The zero-order valence-electron chi connectivity index (χ0n) is 23.1. The SMILES string of the molecule is C#CCCCOc1ccc(-c2ccc(OCc3cn(CCC(F)(F)C(F)(F)C(F)(F)C(F)(F)C(F)(F)C(F)(F)F)nn3)cc2)cc1. The summed E-state index contributed by atoms with van der Waals surface area (Å²) in [7, 11) is 0. The summed E-state index contributed by atoms with van der Waals surface area (Å²) in [6, 6.07) is 13.7. The molecule has 0 saturated carbocycles. The molecule has 0 aliphatic rings. The van der Waals surface area contributed by atoms with E-state index in [-0.39, 0.29) is 18.1 Å². The van der Waals surface area contributed by atoms with Gasteiger partial charge < -0.3 is 9.47 Å². The van der Waals surface area contributed by atoms with Crippen molar-refractivity contribution in [2.45, 2.75) is 68.2 Å². The fourth-order valence-electron chi connectivity index (χ4n) is 3.74. The van der Waals surface area contributed by atoms with E-state index in [0.717, 1.165) is 17.3 Å². The third kappa shape index (κ3) is 7.28. The van der Waals surface area contributed by atoms with Crippen molar-refractivity contribution in [3.8, 4) is 35.0 Å². The number of ether oxygens (including phenoxy) is 2. The van der Waals surface area contributed by atoms with Crippen LogP contribution in [0.15, 0.2) is 54.7 Å². The minimum absolute atomic E-state index is 0.0985. The van der Waals surface area contributed by atoms with E-state index in [1.165, 1.54) is 0 Å². The second-order valence-corrected chi connectivity index (χ2v) is 9.72. The molecule has 0 spiro atoms. The van der Waals surface area contributed by atoms with Gasteiger partial charge in [0.2, 0.25) is 0 Å². The van der Waals surface area contributed by atoms with Crippen LogP contribution in [0.4, 0.5) is 57.1 Å². The molecular weight excluding hydrogens is 657 g/mol. The van der Waals surface area contributed by atoms with Crippen LogP contribution in [0.25, 0.3) is 11.1 Å². The molecule has 0 saturated heterocycles. The van der Waals surface area contributed by atoms with Gasteiger partial charge in [0.25, 0.3) is 0 Å². The third-order valence-corrected chi connectivity index (χ3v) is 6.40. The average molecular weight is 679 g/mol. The summed E-state index contributed by atoms with van der Waals surface area (Å²) in [6.45, 7) is -1.31. The summed E-state index contributed by atoms with van der Waals surface area (Å²) in [6.07, 6.45) is -2.56. The maximum Gasteiger partial charge on any atom is 0.460 e. The molecule has 0 bridgehead atoms. The number of alkyl halides is 13. The van der Waals surface area contributed by atoms with Crippen LogP contribution >= 0.6 is 0 Å². The van der Waals surface area contributed by atoms with Gasteiger partial charge in [-0.25, -0.2) is 0 Å². The van der Waals surface area contributed by atoms with Gasteiger partial charge >= 0.3 is 35.8 Å². The van der Waals surface area contributed by atoms with Crippen molar-refractivity contribution in [1.82, 2.24) is 15.0 Å². The van der Waals surface area contributed by atoms with Crippen LogP contribution < -0.4 is 9.47 Å². The van der Waals surface area contributed by atoms with Crippen molar-refractivity contribution in [2.75, 3.05) is 6.61 Å². The smallest absolute Gasteiger partial charge is 0.460 e. The second-order valence-electron chi connectivity index (χ2n) is 9.72. The maximum atomic E-state index is 14.0. The standard InChI is InChI=1S/C28H22F13N3O2/c1-2-3-4-15-45-21-9-5-18(6-10-21)19-7-11-22(12-8-19)46-17-20-16-44(43-42-20)14-13-23(29,30)24(31,32)25(33,34)26(35,36)27(37,38)28(39,40)41/h1,5-12,16H,3-4,13-15,17H2. The van der Waals surface area contributed by atoms with E-state index in [1.807, 2.05) is 12.1 Å². The second kappa shape index (κ2) is 13.3. The Morgan fingerprint density at radius 1 is 0.674 bits per heavy atom. The van der Waals surface area contributed by atoms with Gasteiger partial charge in [0.1, 0.15) is 23.8 Å². The lowest BCUT2D eigenvalue weighted by Crippen LogP contribution is -2.70. The van der Waals surface area contributed by atoms with Crippen molar-refractivity contribution in [1.29, 1.82) is 0 Å². The lowest BCUT2D eigenvalue weighted by atomic mass is 9.92. The number of hydrogen-bond donors (Lipinski definition) is 0. The Labute approximate surface area is 252 Å². The summed E-state index contributed by atoms with van der Waals surface area (Å²) in [4.78, 5) is 0. The molecule has 1 heterocycles.